The van der Waals surface area contributed by atoms with E-state index in [9.17, 15) is 0 Å². The fourth-order valence-electron chi connectivity index (χ4n) is 1.46. The molecule has 0 atom stereocenters. The first kappa shape index (κ1) is 9.55. The normalized spacial score (nSPS) is 20.8. The van der Waals surface area contributed by atoms with Crippen molar-refractivity contribution in [2.24, 2.45) is 0 Å². The summed E-state index contributed by atoms with van der Waals surface area (Å²) in [6.45, 7) is 12.7. The van der Waals surface area contributed by atoms with Gasteiger partial charge in [0.05, 0.1) is 6.67 Å². The molecule has 0 aliphatic carbocycles. The molecule has 3 heteroatoms. The van der Waals surface area contributed by atoms with Crippen molar-refractivity contribution in [2.45, 2.75) is 6.92 Å². The highest BCUT2D eigenvalue weighted by Gasteiger charge is 2.13. The van der Waals surface area contributed by atoms with Gasteiger partial charge in [-0.15, -0.1) is 0 Å². The number of piperazine rings is 1. The minimum Gasteiger partial charge on any atom is -0.379 e. The van der Waals surface area contributed by atoms with Crippen LogP contribution < -0.4 is 5.32 Å². The molecule has 0 unspecified atom stereocenters. The number of hydrogen-bond acceptors (Lipinski definition) is 3. The lowest BCUT2D eigenvalue weighted by molar-refractivity contribution is 0.134. The van der Waals surface area contributed by atoms with Crippen molar-refractivity contribution < 1.29 is 0 Å². The van der Waals surface area contributed by atoms with Gasteiger partial charge in [-0.25, -0.2) is 0 Å². The van der Waals surface area contributed by atoms with Crippen LogP contribution in [0, 0.1) is 0 Å². The summed E-state index contributed by atoms with van der Waals surface area (Å²) in [6, 6.07) is 0. The summed E-state index contributed by atoms with van der Waals surface area (Å²) in [7, 11) is 0. The van der Waals surface area contributed by atoms with Crippen LogP contribution in [0.4, 0.5) is 0 Å². The Balaban J connectivity index is 2.12. The molecule has 0 saturated carbocycles. The smallest absolute Gasteiger partial charge is 0.0673 e. The molecule has 1 heterocycles. The molecule has 0 radical (unpaired) electrons. The van der Waals surface area contributed by atoms with E-state index < -0.39 is 0 Å². The van der Waals surface area contributed by atoms with Crippen LogP contribution in [0.15, 0.2) is 12.8 Å². The largest absolute Gasteiger partial charge is 0.379 e. The standard InChI is InChI=1S/C9H19N3/c1-3-10-9-12-7-5-11(4-2)6-8-12/h3,10H,1,4-9H2,2H3. The van der Waals surface area contributed by atoms with Crippen LogP contribution in [0.3, 0.4) is 0 Å². The highest BCUT2D eigenvalue weighted by atomic mass is 15.3. The van der Waals surface area contributed by atoms with Crippen molar-refractivity contribution in [1.82, 2.24) is 15.1 Å². The van der Waals surface area contributed by atoms with E-state index in [1.54, 1.807) is 6.20 Å². The van der Waals surface area contributed by atoms with Crippen LogP contribution in [-0.2, 0) is 0 Å². The van der Waals surface area contributed by atoms with Crippen molar-refractivity contribution in [3.63, 3.8) is 0 Å². The molecular weight excluding hydrogens is 150 g/mol. The lowest BCUT2D eigenvalue weighted by atomic mass is 10.3. The van der Waals surface area contributed by atoms with Crippen LogP contribution in [-0.4, -0.2) is 49.2 Å². The Morgan fingerprint density at radius 3 is 2.33 bits per heavy atom. The molecule has 0 bridgehead atoms. The van der Waals surface area contributed by atoms with E-state index >= 15 is 0 Å². The minimum atomic E-state index is 0.945. The molecule has 70 valence electrons. The highest BCUT2D eigenvalue weighted by Crippen LogP contribution is 1.98. The third kappa shape index (κ3) is 2.83. The van der Waals surface area contributed by atoms with Crippen LogP contribution >= 0.6 is 0 Å². The van der Waals surface area contributed by atoms with Gasteiger partial charge in [-0.05, 0) is 12.7 Å². The van der Waals surface area contributed by atoms with Gasteiger partial charge in [-0.3, -0.25) is 4.90 Å². The molecule has 1 saturated heterocycles. The average Bonchev–Trinajstić information content (AvgIpc) is 2.15. The molecule has 0 spiro atoms. The lowest BCUT2D eigenvalue weighted by Gasteiger charge is -2.33. The monoisotopic (exact) mass is 169 g/mol. The summed E-state index contributed by atoms with van der Waals surface area (Å²) in [5.41, 5.74) is 0. The predicted octanol–water partition coefficient (Wildman–Crippen LogP) is 0.314. The van der Waals surface area contributed by atoms with Crippen molar-refractivity contribution in [1.29, 1.82) is 0 Å². The molecule has 0 aromatic heterocycles. The fourth-order valence-corrected chi connectivity index (χ4v) is 1.46. The van der Waals surface area contributed by atoms with Gasteiger partial charge in [0.25, 0.3) is 0 Å². The molecular formula is C9H19N3. The molecule has 1 N–H and O–H groups in total. The summed E-state index contributed by atoms with van der Waals surface area (Å²) >= 11 is 0. The van der Waals surface area contributed by atoms with Gasteiger partial charge in [0.15, 0.2) is 0 Å². The molecule has 1 aliphatic heterocycles. The lowest BCUT2D eigenvalue weighted by Crippen LogP contribution is -2.48. The Bertz CT molecular complexity index is 128. The Labute approximate surface area is 75.0 Å². The Morgan fingerprint density at radius 2 is 1.83 bits per heavy atom. The maximum Gasteiger partial charge on any atom is 0.0673 e. The zero-order valence-corrected chi connectivity index (χ0v) is 7.92. The van der Waals surface area contributed by atoms with E-state index in [0.29, 0.717) is 0 Å². The number of rotatable bonds is 4. The summed E-state index contributed by atoms with van der Waals surface area (Å²) in [4.78, 5) is 4.89. The molecule has 1 aliphatic rings. The molecule has 3 nitrogen and oxygen atoms in total. The van der Waals surface area contributed by atoms with Crippen molar-refractivity contribution in [2.75, 3.05) is 39.4 Å². The SMILES string of the molecule is C=CNCN1CCN(CC)CC1. The van der Waals surface area contributed by atoms with E-state index in [2.05, 4.69) is 28.6 Å². The second-order valence-corrected chi connectivity index (χ2v) is 3.12. The van der Waals surface area contributed by atoms with Gasteiger partial charge in [0.1, 0.15) is 0 Å². The van der Waals surface area contributed by atoms with Crippen molar-refractivity contribution in [3.8, 4) is 0 Å². The maximum absolute atomic E-state index is 3.63. The van der Waals surface area contributed by atoms with Gasteiger partial charge in [-0.2, -0.15) is 0 Å². The average molecular weight is 169 g/mol. The number of nitrogens with zero attached hydrogens (tertiary/aromatic N) is 2. The minimum absolute atomic E-state index is 0.945. The second-order valence-electron chi connectivity index (χ2n) is 3.12. The summed E-state index contributed by atoms with van der Waals surface area (Å²) in [6.07, 6.45) is 1.76. The van der Waals surface area contributed by atoms with Crippen molar-refractivity contribution in [3.05, 3.63) is 12.8 Å². The number of nitrogens with one attached hydrogen (secondary N) is 1. The second kappa shape index (κ2) is 5.17. The van der Waals surface area contributed by atoms with E-state index in [1.807, 2.05) is 0 Å². The Hall–Kier alpha value is -0.540. The quantitative estimate of drug-likeness (QED) is 0.653. The van der Waals surface area contributed by atoms with Gasteiger partial charge < -0.3 is 10.2 Å². The number of likely N-dealkylation sites (N-methyl/N-ethyl adjacent to an activating group) is 1. The van der Waals surface area contributed by atoms with Gasteiger partial charge in [-0.1, -0.05) is 13.5 Å². The third-order valence-electron chi connectivity index (χ3n) is 2.37. The molecule has 0 aromatic rings. The first-order valence-corrected chi connectivity index (χ1v) is 4.65. The molecule has 1 rings (SSSR count). The van der Waals surface area contributed by atoms with Gasteiger partial charge >= 0.3 is 0 Å². The van der Waals surface area contributed by atoms with E-state index in [1.165, 1.54) is 32.7 Å². The molecule has 1 fully saturated rings. The van der Waals surface area contributed by atoms with E-state index in [-0.39, 0.29) is 0 Å². The van der Waals surface area contributed by atoms with Crippen molar-refractivity contribution >= 4 is 0 Å². The Morgan fingerprint density at radius 1 is 1.25 bits per heavy atom. The van der Waals surface area contributed by atoms with E-state index in [0.717, 1.165) is 6.67 Å². The van der Waals surface area contributed by atoms with Gasteiger partial charge in [0, 0.05) is 26.2 Å². The predicted molar refractivity (Wildman–Crippen MR) is 51.9 cm³/mol. The highest BCUT2D eigenvalue weighted by molar-refractivity contribution is 4.72. The van der Waals surface area contributed by atoms with Crippen LogP contribution in [0.25, 0.3) is 0 Å². The Kier molecular flexibility index (Phi) is 4.11. The van der Waals surface area contributed by atoms with E-state index in [4.69, 9.17) is 0 Å². The summed E-state index contributed by atoms with van der Waals surface area (Å²) < 4.78 is 0. The number of hydrogen-bond donors (Lipinski definition) is 1. The summed E-state index contributed by atoms with van der Waals surface area (Å²) in [5.74, 6) is 0. The first-order chi connectivity index (χ1) is 5.86. The molecule has 12 heavy (non-hydrogen) atoms. The molecule has 0 aromatic carbocycles. The zero-order valence-electron chi connectivity index (χ0n) is 7.92. The van der Waals surface area contributed by atoms with Crippen LogP contribution in [0.1, 0.15) is 6.92 Å². The fraction of sp³-hybridized carbons (Fsp3) is 0.778. The zero-order chi connectivity index (χ0) is 8.81. The first-order valence-electron chi connectivity index (χ1n) is 4.65. The third-order valence-corrected chi connectivity index (χ3v) is 2.37. The topological polar surface area (TPSA) is 18.5 Å². The molecule has 0 amide bonds. The van der Waals surface area contributed by atoms with Gasteiger partial charge in [0.2, 0.25) is 0 Å². The van der Waals surface area contributed by atoms with Crippen LogP contribution in [0.5, 0.6) is 0 Å². The van der Waals surface area contributed by atoms with Crippen LogP contribution in [0.2, 0.25) is 0 Å². The maximum atomic E-state index is 3.63. The summed E-state index contributed by atoms with van der Waals surface area (Å²) in [5, 5.41) is 3.12.